The molecule has 0 aliphatic rings. The van der Waals surface area contributed by atoms with Crippen LogP contribution < -0.4 is 4.74 Å². The van der Waals surface area contributed by atoms with E-state index in [9.17, 15) is 4.39 Å². The molecule has 96 valence electrons. The number of benzene rings is 1. The smallest absolute Gasteiger partial charge is 0.165 e. The number of halogens is 2. The Bertz CT molecular complexity index is 346. The van der Waals surface area contributed by atoms with E-state index in [2.05, 4.69) is 4.90 Å². The molecule has 0 bridgehead atoms. The van der Waals surface area contributed by atoms with Crippen molar-refractivity contribution in [3.05, 3.63) is 29.6 Å². The van der Waals surface area contributed by atoms with Gasteiger partial charge in [-0.2, -0.15) is 0 Å². The van der Waals surface area contributed by atoms with Crippen molar-refractivity contribution in [3.63, 3.8) is 0 Å². The van der Waals surface area contributed by atoms with Gasteiger partial charge in [0.2, 0.25) is 0 Å². The topological polar surface area (TPSA) is 12.5 Å². The van der Waals surface area contributed by atoms with Gasteiger partial charge in [-0.1, -0.05) is 6.07 Å². The molecule has 0 saturated heterocycles. The van der Waals surface area contributed by atoms with Crippen molar-refractivity contribution in [2.24, 2.45) is 0 Å². The van der Waals surface area contributed by atoms with E-state index in [-0.39, 0.29) is 5.82 Å². The molecule has 17 heavy (non-hydrogen) atoms. The molecule has 0 aliphatic heterocycles. The molecule has 0 aliphatic carbocycles. The van der Waals surface area contributed by atoms with Gasteiger partial charge in [-0.25, -0.2) is 4.39 Å². The molecule has 1 aromatic carbocycles. The summed E-state index contributed by atoms with van der Waals surface area (Å²) in [5, 5.41) is 0. The zero-order chi connectivity index (χ0) is 12.7. The van der Waals surface area contributed by atoms with Gasteiger partial charge in [0.15, 0.2) is 11.6 Å². The quantitative estimate of drug-likeness (QED) is 0.698. The Balaban J connectivity index is 2.52. The molecule has 0 radical (unpaired) electrons. The van der Waals surface area contributed by atoms with Crippen molar-refractivity contribution in [3.8, 4) is 5.75 Å². The average Bonchev–Trinajstić information content (AvgIpc) is 2.30. The molecule has 0 saturated carbocycles. The fraction of sp³-hybridized carbons (Fsp3) is 0.538. The van der Waals surface area contributed by atoms with Crippen LogP contribution in [0.2, 0.25) is 0 Å². The lowest BCUT2D eigenvalue weighted by Gasteiger charge is -2.14. The third-order valence-corrected chi connectivity index (χ3v) is 2.71. The standard InChI is InChI=1S/C13H19ClFNO/c1-3-17-13-5-4-11(10-12(13)15)6-8-16(2)9-7-14/h4-5,10H,3,6-9H2,1-2H3. The summed E-state index contributed by atoms with van der Waals surface area (Å²) in [6.45, 7) is 4.05. The second kappa shape index (κ2) is 7.51. The third-order valence-electron chi connectivity index (χ3n) is 2.54. The Kier molecular flexibility index (Phi) is 6.30. The maximum Gasteiger partial charge on any atom is 0.165 e. The van der Waals surface area contributed by atoms with Crippen LogP contribution in [-0.2, 0) is 6.42 Å². The average molecular weight is 260 g/mol. The second-order valence-corrected chi connectivity index (χ2v) is 4.32. The minimum Gasteiger partial charge on any atom is -0.491 e. The van der Waals surface area contributed by atoms with Crippen LogP contribution in [0.1, 0.15) is 12.5 Å². The van der Waals surface area contributed by atoms with Gasteiger partial charge in [0.05, 0.1) is 6.61 Å². The van der Waals surface area contributed by atoms with Crippen LogP contribution >= 0.6 is 11.6 Å². The Morgan fingerprint density at radius 3 is 2.71 bits per heavy atom. The fourth-order valence-electron chi connectivity index (χ4n) is 1.55. The highest BCUT2D eigenvalue weighted by molar-refractivity contribution is 6.18. The summed E-state index contributed by atoms with van der Waals surface area (Å²) in [5.41, 5.74) is 0.979. The van der Waals surface area contributed by atoms with E-state index in [0.29, 0.717) is 18.2 Å². The van der Waals surface area contributed by atoms with E-state index in [4.69, 9.17) is 16.3 Å². The fourth-order valence-corrected chi connectivity index (χ4v) is 1.84. The summed E-state index contributed by atoms with van der Waals surface area (Å²) in [6, 6.07) is 5.14. The van der Waals surface area contributed by atoms with E-state index < -0.39 is 0 Å². The lowest BCUT2D eigenvalue weighted by atomic mass is 10.1. The maximum absolute atomic E-state index is 13.5. The van der Waals surface area contributed by atoms with Crippen LogP contribution in [0, 0.1) is 5.82 Å². The molecule has 1 rings (SSSR count). The predicted molar refractivity (Wildman–Crippen MR) is 69.5 cm³/mol. The normalized spacial score (nSPS) is 10.9. The van der Waals surface area contributed by atoms with E-state index in [1.165, 1.54) is 0 Å². The zero-order valence-corrected chi connectivity index (χ0v) is 11.1. The van der Waals surface area contributed by atoms with Crippen LogP contribution in [0.15, 0.2) is 18.2 Å². The minimum atomic E-state index is -0.288. The van der Waals surface area contributed by atoms with Gasteiger partial charge in [-0.05, 0) is 38.1 Å². The molecule has 0 unspecified atom stereocenters. The third kappa shape index (κ3) is 4.92. The summed E-state index contributed by atoms with van der Waals surface area (Å²) in [5.74, 6) is 0.656. The van der Waals surface area contributed by atoms with Crippen molar-refractivity contribution >= 4 is 11.6 Å². The molecular formula is C13H19ClFNO. The van der Waals surface area contributed by atoms with Crippen LogP contribution in [0.25, 0.3) is 0 Å². The molecule has 0 N–H and O–H groups in total. The van der Waals surface area contributed by atoms with Crippen LogP contribution in [0.4, 0.5) is 4.39 Å². The zero-order valence-electron chi connectivity index (χ0n) is 10.4. The van der Waals surface area contributed by atoms with Gasteiger partial charge < -0.3 is 9.64 Å². The van der Waals surface area contributed by atoms with E-state index >= 15 is 0 Å². The Morgan fingerprint density at radius 2 is 2.12 bits per heavy atom. The summed E-state index contributed by atoms with van der Waals surface area (Å²) in [6.07, 6.45) is 0.816. The first-order chi connectivity index (χ1) is 8.17. The summed E-state index contributed by atoms with van der Waals surface area (Å²) in [4.78, 5) is 2.13. The van der Waals surface area contributed by atoms with Crippen LogP contribution in [0.3, 0.4) is 0 Å². The monoisotopic (exact) mass is 259 g/mol. The molecule has 0 heterocycles. The number of rotatable bonds is 7. The van der Waals surface area contributed by atoms with Crippen molar-refractivity contribution in [2.75, 3.05) is 32.6 Å². The van der Waals surface area contributed by atoms with Crippen molar-refractivity contribution in [1.82, 2.24) is 4.90 Å². The predicted octanol–water partition coefficient (Wildman–Crippen LogP) is 2.94. The second-order valence-electron chi connectivity index (χ2n) is 3.94. The molecular weight excluding hydrogens is 241 g/mol. The number of nitrogens with zero attached hydrogens (tertiary/aromatic N) is 1. The first kappa shape index (κ1) is 14.3. The summed E-state index contributed by atoms with van der Waals surface area (Å²) < 4.78 is 18.7. The molecule has 1 aromatic rings. The Hall–Kier alpha value is -0.800. The number of hydrogen-bond acceptors (Lipinski definition) is 2. The molecule has 2 nitrogen and oxygen atoms in total. The van der Waals surface area contributed by atoms with Crippen LogP contribution in [0.5, 0.6) is 5.75 Å². The van der Waals surface area contributed by atoms with Gasteiger partial charge in [0.1, 0.15) is 0 Å². The number of likely N-dealkylation sites (N-methyl/N-ethyl adjacent to an activating group) is 1. The van der Waals surface area contributed by atoms with E-state index in [1.807, 2.05) is 20.0 Å². The van der Waals surface area contributed by atoms with Gasteiger partial charge in [0.25, 0.3) is 0 Å². The highest BCUT2D eigenvalue weighted by Crippen LogP contribution is 2.18. The first-order valence-corrected chi connectivity index (χ1v) is 6.36. The highest BCUT2D eigenvalue weighted by Gasteiger charge is 2.05. The molecule has 0 amide bonds. The van der Waals surface area contributed by atoms with E-state index in [1.54, 1.807) is 12.1 Å². The largest absolute Gasteiger partial charge is 0.491 e. The minimum absolute atomic E-state index is 0.288. The van der Waals surface area contributed by atoms with E-state index in [0.717, 1.165) is 25.1 Å². The van der Waals surface area contributed by atoms with Gasteiger partial charge >= 0.3 is 0 Å². The molecule has 0 fully saturated rings. The number of ether oxygens (including phenoxy) is 1. The lowest BCUT2D eigenvalue weighted by molar-refractivity contribution is 0.321. The SMILES string of the molecule is CCOc1ccc(CCN(C)CCCl)cc1F. The van der Waals surface area contributed by atoms with Gasteiger partial charge in [-0.3, -0.25) is 0 Å². The van der Waals surface area contributed by atoms with Gasteiger partial charge in [-0.15, -0.1) is 11.6 Å². The molecule has 4 heteroatoms. The summed E-state index contributed by atoms with van der Waals surface area (Å²) >= 11 is 5.64. The number of alkyl halides is 1. The number of hydrogen-bond donors (Lipinski definition) is 0. The summed E-state index contributed by atoms with van der Waals surface area (Å²) in [7, 11) is 2.01. The van der Waals surface area contributed by atoms with Crippen molar-refractivity contribution in [2.45, 2.75) is 13.3 Å². The first-order valence-electron chi connectivity index (χ1n) is 5.83. The Morgan fingerprint density at radius 1 is 1.35 bits per heavy atom. The Labute approximate surface area is 107 Å². The van der Waals surface area contributed by atoms with Crippen LogP contribution in [-0.4, -0.2) is 37.5 Å². The van der Waals surface area contributed by atoms with Crippen molar-refractivity contribution in [1.29, 1.82) is 0 Å². The highest BCUT2D eigenvalue weighted by atomic mass is 35.5. The molecule has 0 atom stereocenters. The van der Waals surface area contributed by atoms with Gasteiger partial charge in [0, 0.05) is 19.0 Å². The lowest BCUT2D eigenvalue weighted by Crippen LogP contribution is -2.23. The molecule has 0 aromatic heterocycles. The maximum atomic E-state index is 13.5. The van der Waals surface area contributed by atoms with Crippen molar-refractivity contribution < 1.29 is 9.13 Å². The molecule has 0 spiro atoms.